The first-order valence-electron chi connectivity index (χ1n) is 9.12. The Kier molecular flexibility index (Phi) is 6.87. The van der Waals surface area contributed by atoms with E-state index in [0.29, 0.717) is 31.0 Å². The molecule has 0 bridgehead atoms. The van der Waals surface area contributed by atoms with Crippen molar-refractivity contribution in [2.45, 2.75) is 6.54 Å². The van der Waals surface area contributed by atoms with Gasteiger partial charge in [-0.25, -0.2) is 0 Å². The Hall–Kier alpha value is -3.76. The number of hydrogen-bond acceptors (Lipinski definition) is 5. The zero-order valence-electron chi connectivity index (χ0n) is 16.1. The summed E-state index contributed by atoms with van der Waals surface area (Å²) < 4.78 is 6.72. The number of nitrogens with zero attached hydrogens (tertiary/aromatic N) is 4. The average molecular weight is 387 g/mol. The van der Waals surface area contributed by atoms with E-state index in [4.69, 9.17) is 4.74 Å². The van der Waals surface area contributed by atoms with Crippen LogP contribution in [0.15, 0.2) is 66.6 Å². The Balaban J connectivity index is 1.95. The number of benzene rings is 1. The molecule has 7 nitrogen and oxygen atoms in total. The van der Waals surface area contributed by atoms with Gasteiger partial charge < -0.3 is 10.1 Å². The lowest BCUT2D eigenvalue weighted by Gasteiger charge is -2.03. The van der Waals surface area contributed by atoms with E-state index in [0.717, 1.165) is 11.1 Å². The number of nitrogens with one attached hydrogen (secondary N) is 1. The molecule has 0 aliphatic rings. The Morgan fingerprint density at radius 1 is 1.28 bits per heavy atom. The van der Waals surface area contributed by atoms with Gasteiger partial charge in [-0.05, 0) is 23.8 Å². The van der Waals surface area contributed by atoms with Crippen molar-refractivity contribution in [2.24, 2.45) is 0 Å². The summed E-state index contributed by atoms with van der Waals surface area (Å²) in [5, 5.41) is 16.8. The lowest BCUT2D eigenvalue weighted by atomic mass is 10.1. The summed E-state index contributed by atoms with van der Waals surface area (Å²) >= 11 is 0. The van der Waals surface area contributed by atoms with Gasteiger partial charge >= 0.3 is 0 Å². The lowest BCUT2D eigenvalue weighted by Crippen LogP contribution is -2.27. The van der Waals surface area contributed by atoms with Crippen LogP contribution >= 0.6 is 0 Å². The van der Waals surface area contributed by atoms with Crippen LogP contribution in [0, 0.1) is 11.3 Å². The lowest BCUT2D eigenvalue weighted by molar-refractivity contribution is -0.117. The van der Waals surface area contributed by atoms with Crippen molar-refractivity contribution in [2.75, 3.05) is 20.3 Å². The van der Waals surface area contributed by atoms with E-state index < -0.39 is 5.91 Å². The summed E-state index contributed by atoms with van der Waals surface area (Å²) in [6.07, 6.45) is 6.77. The number of rotatable bonds is 8. The molecule has 0 radical (unpaired) electrons. The first-order valence-corrected chi connectivity index (χ1v) is 9.12. The molecule has 7 heteroatoms. The third kappa shape index (κ3) is 5.37. The molecule has 0 aliphatic carbocycles. The van der Waals surface area contributed by atoms with Gasteiger partial charge in [-0.2, -0.15) is 10.4 Å². The monoisotopic (exact) mass is 387 g/mol. The average Bonchev–Trinajstić information content (AvgIpc) is 3.15. The van der Waals surface area contributed by atoms with Crippen molar-refractivity contribution in [1.82, 2.24) is 20.1 Å². The molecule has 0 spiro atoms. The predicted molar refractivity (Wildman–Crippen MR) is 109 cm³/mol. The summed E-state index contributed by atoms with van der Waals surface area (Å²) in [7, 11) is 1.55. The molecule has 0 unspecified atom stereocenters. The van der Waals surface area contributed by atoms with Crippen LogP contribution < -0.4 is 5.32 Å². The Morgan fingerprint density at radius 3 is 2.79 bits per heavy atom. The van der Waals surface area contributed by atoms with Crippen molar-refractivity contribution in [1.29, 1.82) is 5.26 Å². The number of methoxy groups -OCH3 is 1. The quantitative estimate of drug-likeness (QED) is 0.364. The number of carbonyl (C=O) groups excluding carboxylic acids is 1. The zero-order chi connectivity index (χ0) is 20.5. The molecule has 2 aromatic heterocycles. The highest BCUT2D eigenvalue weighted by Gasteiger charge is 2.14. The zero-order valence-corrected chi connectivity index (χ0v) is 16.1. The van der Waals surface area contributed by atoms with Crippen molar-refractivity contribution in [3.8, 4) is 17.3 Å². The minimum atomic E-state index is -0.447. The van der Waals surface area contributed by atoms with Crippen LogP contribution in [0.4, 0.5) is 0 Å². The van der Waals surface area contributed by atoms with E-state index in [-0.39, 0.29) is 5.57 Å². The van der Waals surface area contributed by atoms with E-state index in [1.807, 2.05) is 54.7 Å². The second-order valence-corrected chi connectivity index (χ2v) is 6.28. The number of hydrogen-bond donors (Lipinski definition) is 1. The predicted octanol–water partition coefficient (Wildman–Crippen LogP) is 2.66. The normalized spacial score (nSPS) is 11.1. The van der Waals surface area contributed by atoms with Gasteiger partial charge in [0.2, 0.25) is 0 Å². The van der Waals surface area contributed by atoms with Crippen molar-refractivity contribution >= 4 is 12.0 Å². The number of carbonyl (C=O) groups is 1. The molecule has 0 saturated heterocycles. The summed E-state index contributed by atoms with van der Waals surface area (Å²) in [6, 6.07) is 15.6. The molecule has 0 aliphatic heterocycles. The van der Waals surface area contributed by atoms with Gasteiger partial charge in [0.15, 0.2) is 0 Å². The van der Waals surface area contributed by atoms with E-state index in [2.05, 4.69) is 15.4 Å². The van der Waals surface area contributed by atoms with E-state index in [9.17, 15) is 10.1 Å². The van der Waals surface area contributed by atoms with Gasteiger partial charge in [0.05, 0.1) is 13.2 Å². The van der Waals surface area contributed by atoms with Gasteiger partial charge in [0.25, 0.3) is 5.91 Å². The molecule has 0 saturated carbocycles. The standard InChI is InChI=1S/C22H21N5O2/c1-29-11-10-25-22(28)19(13-23)12-20-16-27(15-17-6-3-2-4-7-17)26-21(20)18-8-5-9-24-14-18/h2-9,12,14,16H,10-11,15H2,1H3,(H,25,28). The molecule has 1 N–H and O–H groups in total. The van der Waals surface area contributed by atoms with Gasteiger partial charge in [0, 0.05) is 43.4 Å². The Morgan fingerprint density at radius 2 is 2.10 bits per heavy atom. The topological polar surface area (TPSA) is 92.8 Å². The molecular weight excluding hydrogens is 366 g/mol. The summed E-state index contributed by atoms with van der Waals surface area (Å²) in [4.78, 5) is 16.5. The van der Waals surface area contributed by atoms with Crippen LogP contribution in [-0.4, -0.2) is 40.9 Å². The highest BCUT2D eigenvalue weighted by Crippen LogP contribution is 2.24. The van der Waals surface area contributed by atoms with Crippen molar-refractivity contribution < 1.29 is 9.53 Å². The highest BCUT2D eigenvalue weighted by atomic mass is 16.5. The molecule has 1 aromatic carbocycles. The summed E-state index contributed by atoms with van der Waals surface area (Å²) in [6.45, 7) is 1.28. The van der Waals surface area contributed by atoms with Crippen LogP contribution in [0.25, 0.3) is 17.3 Å². The van der Waals surface area contributed by atoms with Crippen LogP contribution in [0.2, 0.25) is 0 Å². The van der Waals surface area contributed by atoms with Gasteiger partial charge in [-0.3, -0.25) is 14.5 Å². The van der Waals surface area contributed by atoms with Crippen LogP contribution in [0.5, 0.6) is 0 Å². The highest BCUT2D eigenvalue weighted by molar-refractivity contribution is 6.02. The minimum absolute atomic E-state index is 0.00510. The maximum atomic E-state index is 12.3. The van der Waals surface area contributed by atoms with Crippen LogP contribution in [0.1, 0.15) is 11.1 Å². The molecule has 3 rings (SSSR count). The smallest absolute Gasteiger partial charge is 0.262 e. The molecule has 2 heterocycles. The fourth-order valence-corrected chi connectivity index (χ4v) is 2.79. The molecule has 0 fully saturated rings. The van der Waals surface area contributed by atoms with Gasteiger partial charge in [0.1, 0.15) is 17.3 Å². The fraction of sp³-hybridized carbons (Fsp3) is 0.182. The summed E-state index contributed by atoms with van der Waals surface area (Å²) in [5.74, 6) is -0.447. The second kappa shape index (κ2) is 9.97. The third-order valence-electron chi connectivity index (χ3n) is 4.17. The molecule has 146 valence electrons. The van der Waals surface area contributed by atoms with Gasteiger partial charge in [-0.15, -0.1) is 0 Å². The van der Waals surface area contributed by atoms with Crippen LogP contribution in [0.3, 0.4) is 0 Å². The first-order chi connectivity index (χ1) is 14.2. The maximum absolute atomic E-state index is 12.3. The first kappa shape index (κ1) is 20.0. The number of nitriles is 1. The number of ether oxygens (including phenoxy) is 1. The van der Waals surface area contributed by atoms with E-state index in [1.165, 1.54) is 0 Å². The summed E-state index contributed by atoms with van der Waals surface area (Å²) in [5.41, 5.74) is 3.24. The fourth-order valence-electron chi connectivity index (χ4n) is 2.79. The Labute approximate surface area is 169 Å². The molecule has 29 heavy (non-hydrogen) atoms. The third-order valence-corrected chi connectivity index (χ3v) is 4.17. The molecule has 3 aromatic rings. The van der Waals surface area contributed by atoms with E-state index in [1.54, 1.807) is 30.3 Å². The van der Waals surface area contributed by atoms with E-state index >= 15 is 0 Å². The second-order valence-electron chi connectivity index (χ2n) is 6.28. The molecule has 0 atom stereocenters. The molecular formula is C22H21N5O2. The minimum Gasteiger partial charge on any atom is -0.383 e. The number of pyridine rings is 1. The molecule has 1 amide bonds. The van der Waals surface area contributed by atoms with Crippen LogP contribution in [-0.2, 0) is 16.1 Å². The number of aromatic nitrogens is 3. The number of amides is 1. The van der Waals surface area contributed by atoms with Crippen molar-refractivity contribution in [3.63, 3.8) is 0 Å². The largest absolute Gasteiger partial charge is 0.383 e. The van der Waals surface area contributed by atoms with Gasteiger partial charge in [-0.1, -0.05) is 30.3 Å². The SMILES string of the molecule is COCCNC(=O)C(C#N)=Cc1cn(Cc2ccccc2)nc1-c1cccnc1. The Bertz CT molecular complexity index is 1020. The maximum Gasteiger partial charge on any atom is 0.262 e. The van der Waals surface area contributed by atoms with Crippen molar-refractivity contribution in [3.05, 3.63) is 77.8 Å².